The second-order valence-electron chi connectivity index (χ2n) is 6.07. The van der Waals surface area contributed by atoms with Gasteiger partial charge in [-0.1, -0.05) is 17.7 Å². The first-order valence-electron chi connectivity index (χ1n) is 9.12. The Balaban J connectivity index is 1.92. The minimum absolute atomic E-state index is 0.115. The lowest BCUT2D eigenvalue weighted by atomic mass is 10.2. The topological polar surface area (TPSA) is 118 Å². The first-order valence-corrected chi connectivity index (χ1v) is 9.49. The Hall–Kier alpha value is -3.92. The van der Waals surface area contributed by atoms with Crippen LogP contribution in [0.3, 0.4) is 0 Å². The third-order valence-electron chi connectivity index (χ3n) is 3.74. The molecule has 2 aromatic rings. The summed E-state index contributed by atoms with van der Waals surface area (Å²) in [6.45, 7) is 3.25. The Kier molecular flexibility index (Phi) is 9.18. The molecule has 9 nitrogen and oxygen atoms in total. The molecule has 0 fully saturated rings. The number of methoxy groups -OCH3 is 1. The molecule has 2 rings (SSSR count). The van der Waals surface area contributed by atoms with Crippen LogP contribution in [0.25, 0.3) is 0 Å². The van der Waals surface area contributed by atoms with E-state index in [0.717, 1.165) is 6.07 Å². The van der Waals surface area contributed by atoms with Crippen molar-refractivity contribution in [3.63, 3.8) is 0 Å². The molecule has 3 N–H and O–H groups in total. The zero-order valence-electron chi connectivity index (χ0n) is 17.0. The fourth-order valence-corrected chi connectivity index (χ4v) is 2.44. The number of hydrogen-bond donors (Lipinski definition) is 3. The van der Waals surface area contributed by atoms with Gasteiger partial charge in [0.1, 0.15) is 5.82 Å². The molecule has 0 heterocycles. The van der Waals surface area contributed by atoms with Crippen molar-refractivity contribution in [1.29, 1.82) is 0 Å². The lowest BCUT2D eigenvalue weighted by Crippen LogP contribution is -2.37. The summed E-state index contributed by atoms with van der Waals surface area (Å²) in [6, 6.07) is 8.49. The van der Waals surface area contributed by atoms with Crippen LogP contribution < -0.4 is 25.5 Å². The van der Waals surface area contributed by atoms with Crippen LogP contribution in [-0.4, -0.2) is 44.2 Å². The van der Waals surface area contributed by atoms with Crippen LogP contribution in [-0.2, 0) is 14.4 Å². The molecule has 2 aromatic carbocycles. The molecule has 0 aromatic heterocycles. The van der Waals surface area contributed by atoms with Crippen LogP contribution in [0.15, 0.2) is 54.2 Å². The van der Waals surface area contributed by atoms with E-state index in [9.17, 15) is 18.8 Å². The number of hydrogen-bond acceptors (Lipinski definition) is 6. The fraction of sp³-hybridized carbons (Fsp3) is 0.143. The number of ether oxygens (including phenoxy) is 2. The van der Waals surface area contributed by atoms with Crippen molar-refractivity contribution in [3.05, 3.63) is 65.5 Å². The van der Waals surface area contributed by atoms with Gasteiger partial charge in [0.2, 0.25) is 0 Å². The van der Waals surface area contributed by atoms with Crippen LogP contribution in [0.4, 0.5) is 10.1 Å². The van der Waals surface area contributed by atoms with Crippen molar-refractivity contribution in [1.82, 2.24) is 10.7 Å². The highest BCUT2D eigenvalue weighted by Gasteiger charge is 2.12. The van der Waals surface area contributed by atoms with E-state index in [1.165, 1.54) is 31.5 Å². The van der Waals surface area contributed by atoms with Crippen molar-refractivity contribution >= 4 is 41.2 Å². The van der Waals surface area contributed by atoms with Gasteiger partial charge in [-0.3, -0.25) is 14.4 Å². The van der Waals surface area contributed by atoms with Crippen LogP contribution in [0.1, 0.15) is 5.56 Å². The highest BCUT2D eigenvalue weighted by molar-refractivity contribution is 6.35. The Morgan fingerprint density at radius 2 is 1.94 bits per heavy atom. The summed E-state index contributed by atoms with van der Waals surface area (Å²) >= 11 is 5.68. The first kappa shape index (κ1) is 24.4. The molecule has 0 aliphatic carbocycles. The van der Waals surface area contributed by atoms with Crippen molar-refractivity contribution in [2.45, 2.75) is 0 Å². The molecule has 32 heavy (non-hydrogen) atoms. The number of anilines is 1. The van der Waals surface area contributed by atoms with Gasteiger partial charge in [-0.15, -0.1) is 6.58 Å². The van der Waals surface area contributed by atoms with E-state index in [2.05, 4.69) is 27.7 Å². The van der Waals surface area contributed by atoms with Crippen LogP contribution in [0.2, 0.25) is 5.02 Å². The van der Waals surface area contributed by atoms with E-state index in [4.69, 9.17) is 21.1 Å². The van der Waals surface area contributed by atoms with Gasteiger partial charge in [-0.25, -0.2) is 9.82 Å². The van der Waals surface area contributed by atoms with Crippen LogP contribution in [0, 0.1) is 5.82 Å². The Morgan fingerprint density at radius 1 is 1.16 bits per heavy atom. The van der Waals surface area contributed by atoms with Gasteiger partial charge in [0, 0.05) is 12.2 Å². The molecule has 0 saturated carbocycles. The highest BCUT2D eigenvalue weighted by Crippen LogP contribution is 2.27. The molecule has 0 spiro atoms. The summed E-state index contributed by atoms with van der Waals surface area (Å²) in [5.41, 5.74) is 2.95. The van der Waals surface area contributed by atoms with Crippen molar-refractivity contribution in [2.75, 3.05) is 25.6 Å². The third kappa shape index (κ3) is 7.40. The molecule has 0 aliphatic rings. The molecule has 0 bridgehead atoms. The molecule has 0 atom stereocenters. The zero-order chi connectivity index (χ0) is 23.5. The minimum atomic E-state index is -0.927. The molecule has 0 radical (unpaired) electrons. The van der Waals surface area contributed by atoms with Gasteiger partial charge < -0.3 is 20.1 Å². The normalized spacial score (nSPS) is 10.3. The molecule has 0 unspecified atom stereocenters. The standard InChI is InChI=1S/C21H20ClFN4O5/c1-3-8-24-20(29)21(30)27-25-11-13-4-7-17(18(9-13)31-2)32-12-19(28)26-14-5-6-16(23)15(22)10-14/h3-7,9-11H,1,8,12H2,2H3,(H,24,29)(H,26,28)(H,27,30)/b25-11-. The van der Waals surface area contributed by atoms with Gasteiger partial charge >= 0.3 is 11.8 Å². The Morgan fingerprint density at radius 3 is 2.62 bits per heavy atom. The number of hydrazone groups is 1. The number of carbonyl (C=O) groups excluding carboxylic acids is 3. The van der Waals surface area contributed by atoms with Gasteiger partial charge in [0.25, 0.3) is 5.91 Å². The third-order valence-corrected chi connectivity index (χ3v) is 4.03. The predicted molar refractivity (Wildman–Crippen MR) is 117 cm³/mol. The summed E-state index contributed by atoms with van der Waals surface area (Å²) < 4.78 is 23.9. The molecule has 0 saturated heterocycles. The minimum Gasteiger partial charge on any atom is -0.493 e. The van der Waals surface area contributed by atoms with E-state index in [0.29, 0.717) is 17.0 Å². The number of rotatable bonds is 9. The average Bonchev–Trinajstić information content (AvgIpc) is 2.78. The number of halogens is 2. The maximum atomic E-state index is 13.2. The predicted octanol–water partition coefficient (Wildman–Crippen LogP) is 2.26. The number of carbonyl (C=O) groups is 3. The maximum Gasteiger partial charge on any atom is 0.329 e. The van der Waals surface area contributed by atoms with Gasteiger partial charge in [-0.2, -0.15) is 5.10 Å². The maximum absolute atomic E-state index is 13.2. The zero-order valence-corrected chi connectivity index (χ0v) is 17.7. The monoisotopic (exact) mass is 462 g/mol. The van der Waals surface area contributed by atoms with Crippen molar-refractivity contribution in [2.24, 2.45) is 5.10 Å². The second-order valence-corrected chi connectivity index (χ2v) is 6.48. The number of benzene rings is 2. The molecule has 11 heteroatoms. The van der Waals surface area contributed by atoms with Crippen LogP contribution >= 0.6 is 11.6 Å². The van der Waals surface area contributed by atoms with E-state index >= 15 is 0 Å². The molecule has 3 amide bonds. The summed E-state index contributed by atoms with van der Waals surface area (Å²) in [7, 11) is 1.41. The first-order chi connectivity index (χ1) is 15.3. The summed E-state index contributed by atoms with van der Waals surface area (Å²) in [6.07, 6.45) is 2.74. The summed E-state index contributed by atoms with van der Waals surface area (Å²) in [5, 5.41) is 8.43. The highest BCUT2D eigenvalue weighted by atomic mass is 35.5. The largest absolute Gasteiger partial charge is 0.493 e. The van der Waals surface area contributed by atoms with E-state index in [-0.39, 0.29) is 23.9 Å². The second kappa shape index (κ2) is 12.1. The van der Waals surface area contributed by atoms with Gasteiger partial charge in [-0.05, 0) is 42.0 Å². The molecular weight excluding hydrogens is 443 g/mol. The lowest BCUT2D eigenvalue weighted by Gasteiger charge is -2.11. The van der Waals surface area contributed by atoms with E-state index < -0.39 is 23.5 Å². The number of amides is 3. The lowest BCUT2D eigenvalue weighted by molar-refractivity contribution is -0.139. The molecular formula is C21H20ClFN4O5. The SMILES string of the molecule is C=CCNC(=O)C(=O)N/N=C\c1ccc(OCC(=O)Nc2ccc(F)c(Cl)c2)c(OC)c1. The van der Waals surface area contributed by atoms with Gasteiger partial charge in [0.15, 0.2) is 18.1 Å². The fourth-order valence-electron chi connectivity index (χ4n) is 2.26. The average molecular weight is 463 g/mol. The van der Waals surface area contributed by atoms with E-state index in [1.807, 2.05) is 0 Å². The molecule has 0 aliphatic heterocycles. The number of nitrogens with one attached hydrogen (secondary N) is 3. The number of nitrogens with zero attached hydrogens (tertiary/aromatic N) is 1. The van der Waals surface area contributed by atoms with Gasteiger partial charge in [0.05, 0.1) is 18.3 Å². The van der Waals surface area contributed by atoms with Crippen molar-refractivity contribution in [3.8, 4) is 11.5 Å². The smallest absolute Gasteiger partial charge is 0.329 e. The summed E-state index contributed by atoms with van der Waals surface area (Å²) in [4.78, 5) is 35.0. The van der Waals surface area contributed by atoms with Crippen LogP contribution in [0.5, 0.6) is 11.5 Å². The molecule has 168 valence electrons. The van der Waals surface area contributed by atoms with Crippen molar-refractivity contribution < 1.29 is 28.2 Å². The Bertz CT molecular complexity index is 1040. The van der Waals surface area contributed by atoms with E-state index in [1.54, 1.807) is 18.2 Å². The summed E-state index contributed by atoms with van der Waals surface area (Å²) in [5.74, 6) is -2.26. The Labute approximate surface area is 188 Å². The quantitative estimate of drug-likeness (QED) is 0.229.